The molecule has 92 valence electrons. The molecular formula is C12H17N3O2. The van der Waals surface area contributed by atoms with Crippen LogP contribution < -0.4 is 20.7 Å². The van der Waals surface area contributed by atoms with Gasteiger partial charge in [-0.2, -0.15) is 0 Å². The zero-order valence-electron chi connectivity index (χ0n) is 9.90. The normalized spacial score (nSPS) is 14.9. The largest absolute Gasteiger partial charge is 0.491 e. The van der Waals surface area contributed by atoms with Gasteiger partial charge >= 0.3 is 0 Å². The molecule has 0 aromatic heterocycles. The van der Waals surface area contributed by atoms with Gasteiger partial charge in [0.1, 0.15) is 5.75 Å². The molecule has 5 heteroatoms. The molecule has 0 bridgehead atoms. The highest BCUT2D eigenvalue weighted by atomic mass is 16.5. The zero-order valence-corrected chi connectivity index (χ0v) is 9.90. The van der Waals surface area contributed by atoms with Crippen molar-refractivity contribution in [2.45, 2.75) is 6.42 Å². The maximum Gasteiger partial charge on any atom is 0.230 e. The van der Waals surface area contributed by atoms with E-state index >= 15 is 0 Å². The summed E-state index contributed by atoms with van der Waals surface area (Å²) in [7, 11) is 1.77. The fraction of sp³-hybridized carbons (Fsp3) is 0.417. The van der Waals surface area contributed by atoms with Gasteiger partial charge in [0.2, 0.25) is 5.91 Å². The number of hydrogen-bond donors (Lipinski definition) is 2. The van der Waals surface area contributed by atoms with Crippen LogP contribution in [0.5, 0.6) is 5.75 Å². The second-order valence-corrected chi connectivity index (χ2v) is 3.95. The second-order valence-electron chi connectivity index (χ2n) is 3.95. The summed E-state index contributed by atoms with van der Waals surface area (Å²) in [5, 5.41) is 3.18. The van der Waals surface area contributed by atoms with E-state index in [1.807, 2.05) is 18.2 Å². The lowest BCUT2D eigenvalue weighted by Gasteiger charge is -2.17. The molecule has 1 heterocycles. The fourth-order valence-corrected chi connectivity index (χ4v) is 1.78. The van der Waals surface area contributed by atoms with Crippen molar-refractivity contribution in [3.8, 4) is 5.75 Å². The number of rotatable bonds is 3. The number of benzene rings is 1. The van der Waals surface area contributed by atoms with Gasteiger partial charge in [0.25, 0.3) is 0 Å². The van der Waals surface area contributed by atoms with Gasteiger partial charge in [-0.3, -0.25) is 4.79 Å². The molecule has 1 aliphatic heterocycles. The number of amides is 1. The Labute approximate surface area is 101 Å². The van der Waals surface area contributed by atoms with E-state index in [1.165, 1.54) is 0 Å². The SMILES string of the molecule is CN1C(=O)CCOc2ccc(NCCN)cc21. The van der Waals surface area contributed by atoms with E-state index in [4.69, 9.17) is 10.5 Å². The molecule has 0 aliphatic carbocycles. The van der Waals surface area contributed by atoms with Crippen LogP contribution in [0, 0.1) is 0 Å². The van der Waals surface area contributed by atoms with Crippen LogP contribution in [-0.4, -0.2) is 32.7 Å². The molecule has 1 aromatic rings. The van der Waals surface area contributed by atoms with E-state index in [1.54, 1.807) is 11.9 Å². The Hall–Kier alpha value is -1.75. The third-order valence-electron chi connectivity index (χ3n) is 2.74. The number of nitrogens with one attached hydrogen (secondary N) is 1. The van der Waals surface area contributed by atoms with Crippen LogP contribution >= 0.6 is 0 Å². The van der Waals surface area contributed by atoms with E-state index in [9.17, 15) is 4.79 Å². The molecule has 5 nitrogen and oxygen atoms in total. The van der Waals surface area contributed by atoms with Crippen LogP contribution in [0.15, 0.2) is 18.2 Å². The van der Waals surface area contributed by atoms with Gasteiger partial charge in [0.05, 0.1) is 18.7 Å². The topological polar surface area (TPSA) is 67.6 Å². The van der Waals surface area contributed by atoms with E-state index in [0.29, 0.717) is 26.1 Å². The Morgan fingerprint density at radius 3 is 3.12 bits per heavy atom. The summed E-state index contributed by atoms with van der Waals surface area (Å²) >= 11 is 0. The van der Waals surface area contributed by atoms with Crippen molar-refractivity contribution in [3.05, 3.63) is 18.2 Å². The second kappa shape index (κ2) is 5.05. The van der Waals surface area contributed by atoms with Crippen molar-refractivity contribution >= 4 is 17.3 Å². The molecular weight excluding hydrogens is 218 g/mol. The van der Waals surface area contributed by atoms with E-state index in [-0.39, 0.29) is 5.91 Å². The predicted molar refractivity (Wildman–Crippen MR) is 67.5 cm³/mol. The average molecular weight is 235 g/mol. The number of carbonyl (C=O) groups is 1. The lowest BCUT2D eigenvalue weighted by Crippen LogP contribution is -2.25. The Balaban J connectivity index is 2.28. The van der Waals surface area contributed by atoms with Crippen molar-refractivity contribution in [2.24, 2.45) is 5.73 Å². The first kappa shape index (κ1) is 11.7. The minimum Gasteiger partial charge on any atom is -0.491 e. The third-order valence-corrected chi connectivity index (χ3v) is 2.74. The molecule has 0 radical (unpaired) electrons. The first-order valence-electron chi connectivity index (χ1n) is 5.69. The van der Waals surface area contributed by atoms with Gasteiger partial charge < -0.3 is 20.7 Å². The average Bonchev–Trinajstić information content (AvgIpc) is 2.48. The molecule has 0 atom stereocenters. The van der Waals surface area contributed by atoms with Crippen molar-refractivity contribution < 1.29 is 9.53 Å². The summed E-state index contributed by atoms with van der Waals surface area (Å²) in [5.41, 5.74) is 7.18. The molecule has 3 N–H and O–H groups in total. The Kier molecular flexibility index (Phi) is 3.49. The number of nitrogens with two attached hydrogens (primary N) is 1. The van der Waals surface area contributed by atoms with Crippen molar-refractivity contribution in [1.82, 2.24) is 0 Å². The van der Waals surface area contributed by atoms with Gasteiger partial charge in [-0.15, -0.1) is 0 Å². The number of carbonyl (C=O) groups excluding carboxylic acids is 1. The number of anilines is 2. The number of fused-ring (bicyclic) bond motifs is 1. The minimum atomic E-state index is 0.0692. The summed E-state index contributed by atoms with van der Waals surface area (Å²) in [6.45, 7) is 1.71. The minimum absolute atomic E-state index is 0.0692. The maximum atomic E-state index is 11.7. The van der Waals surface area contributed by atoms with E-state index < -0.39 is 0 Å². The standard InChI is InChI=1S/C12H17N3O2/c1-15-10-8-9(14-6-5-13)2-3-11(10)17-7-4-12(15)16/h2-3,8,14H,4-7,13H2,1H3. The molecule has 1 amide bonds. The van der Waals surface area contributed by atoms with Crippen molar-refractivity contribution in [1.29, 1.82) is 0 Å². The van der Waals surface area contributed by atoms with Crippen LogP contribution in [0.4, 0.5) is 11.4 Å². The molecule has 2 rings (SSSR count). The molecule has 0 saturated carbocycles. The first-order chi connectivity index (χ1) is 8.22. The predicted octanol–water partition coefficient (Wildman–Crippen LogP) is 0.802. The number of hydrogen-bond acceptors (Lipinski definition) is 4. The van der Waals surface area contributed by atoms with Gasteiger partial charge in [-0.05, 0) is 18.2 Å². The van der Waals surface area contributed by atoms with Crippen LogP contribution in [0.3, 0.4) is 0 Å². The summed E-state index contributed by atoms with van der Waals surface area (Å²) in [5.74, 6) is 0.816. The van der Waals surface area contributed by atoms with E-state index in [2.05, 4.69) is 5.32 Å². The van der Waals surface area contributed by atoms with Crippen LogP contribution in [0.1, 0.15) is 6.42 Å². The zero-order chi connectivity index (χ0) is 12.3. The Morgan fingerprint density at radius 1 is 1.53 bits per heavy atom. The van der Waals surface area contributed by atoms with Crippen LogP contribution in [0.2, 0.25) is 0 Å². The van der Waals surface area contributed by atoms with Crippen molar-refractivity contribution in [2.75, 3.05) is 37.0 Å². The summed E-state index contributed by atoms with van der Waals surface area (Å²) in [4.78, 5) is 13.3. The third kappa shape index (κ3) is 2.50. The van der Waals surface area contributed by atoms with Gasteiger partial charge in [-0.25, -0.2) is 0 Å². The molecule has 0 fully saturated rings. The molecule has 0 unspecified atom stereocenters. The molecule has 1 aliphatic rings. The van der Waals surface area contributed by atoms with Gasteiger partial charge in [-0.1, -0.05) is 0 Å². The number of ether oxygens (including phenoxy) is 1. The maximum absolute atomic E-state index is 11.7. The molecule has 17 heavy (non-hydrogen) atoms. The lowest BCUT2D eigenvalue weighted by molar-refractivity contribution is -0.118. The molecule has 0 spiro atoms. The monoisotopic (exact) mass is 235 g/mol. The highest BCUT2D eigenvalue weighted by molar-refractivity contribution is 5.95. The fourth-order valence-electron chi connectivity index (χ4n) is 1.78. The summed E-state index contributed by atoms with van der Waals surface area (Å²) < 4.78 is 5.53. The highest BCUT2D eigenvalue weighted by Crippen LogP contribution is 2.33. The highest BCUT2D eigenvalue weighted by Gasteiger charge is 2.19. The lowest BCUT2D eigenvalue weighted by atomic mass is 10.2. The molecule has 0 saturated heterocycles. The molecule has 1 aromatic carbocycles. The van der Waals surface area contributed by atoms with Gasteiger partial charge in [0.15, 0.2) is 0 Å². The van der Waals surface area contributed by atoms with E-state index in [0.717, 1.165) is 17.1 Å². The first-order valence-corrected chi connectivity index (χ1v) is 5.69. The van der Waals surface area contributed by atoms with Gasteiger partial charge in [0, 0.05) is 25.8 Å². The summed E-state index contributed by atoms with van der Waals surface area (Å²) in [6.07, 6.45) is 0.413. The quantitative estimate of drug-likeness (QED) is 0.813. The van der Waals surface area contributed by atoms with Crippen LogP contribution in [0.25, 0.3) is 0 Å². The Bertz CT molecular complexity index is 420. The summed E-state index contributed by atoms with van der Waals surface area (Å²) in [6, 6.07) is 5.72. The number of nitrogens with zero attached hydrogens (tertiary/aromatic N) is 1. The van der Waals surface area contributed by atoms with Crippen LogP contribution in [-0.2, 0) is 4.79 Å². The smallest absolute Gasteiger partial charge is 0.230 e. The Morgan fingerprint density at radius 2 is 2.35 bits per heavy atom. The van der Waals surface area contributed by atoms with Crippen molar-refractivity contribution in [3.63, 3.8) is 0 Å².